The van der Waals surface area contributed by atoms with E-state index in [0.717, 1.165) is 12.1 Å². The van der Waals surface area contributed by atoms with E-state index in [2.05, 4.69) is 4.98 Å². The number of alkyl halides is 3. The molecule has 0 aliphatic rings. The molecule has 2 aromatic rings. The summed E-state index contributed by atoms with van der Waals surface area (Å²) in [6.07, 6.45) is -4.44. The van der Waals surface area contributed by atoms with E-state index in [1.807, 2.05) is 0 Å². The Bertz CT molecular complexity index is 551. The fraction of sp³-hybridized carbons (Fsp3) is 0.100. The van der Waals surface area contributed by atoms with Crippen molar-refractivity contribution in [2.24, 2.45) is 0 Å². The minimum absolute atomic E-state index is 0.0337. The van der Waals surface area contributed by atoms with Crippen LogP contribution in [0.25, 0.3) is 10.8 Å². The van der Waals surface area contributed by atoms with Crippen LogP contribution >= 0.6 is 23.2 Å². The van der Waals surface area contributed by atoms with Crippen molar-refractivity contribution in [2.45, 2.75) is 6.18 Å². The second-order valence-electron chi connectivity index (χ2n) is 3.13. The summed E-state index contributed by atoms with van der Waals surface area (Å²) in [4.78, 5) is 3.69. The third kappa shape index (κ3) is 1.95. The Hall–Kier alpha value is -1.00. The van der Waals surface area contributed by atoms with E-state index in [1.165, 1.54) is 12.1 Å². The van der Waals surface area contributed by atoms with E-state index in [1.54, 1.807) is 0 Å². The van der Waals surface area contributed by atoms with Crippen LogP contribution in [0.15, 0.2) is 24.3 Å². The van der Waals surface area contributed by atoms with Crippen molar-refractivity contribution in [3.05, 3.63) is 40.1 Å². The van der Waals surface area contributed by atoms with Crippen LogP contribution in [-0.4, -0.2) is 4.98 Å². The zero-order valence-electron chi connectivity index (χ0n) is 7.65. The van der Waals surface area contributed by atoms with Gasteiger partial charge in [0.15, 0.2) is 0 Å². The number of hydrogen-bond acceptors (Lipinski definition) is 1. The summed E-state index contributed by atoms with van der Waals surface area (Å²) in [5, 5.41) is 0.101. The summed E-state index contributed by atoms with van der Waals surface area (Å²) >= 11 is 11.3. The Morgan fingerprint density at radius 2 is 1.75 bits per heavy atom. The highest BCUT2D eigenvalue weighted by atomic mass is 35.5. The van der Waals surface area contributed by atoms with Crippen molar-refractivity contribution in [1.29, 1.82) is 0 Å². The highest BCUT2D eigenvalue weighted by molar-refractivity contribution is 6.36. The summed E-state index contributed by atoms with van der Waals surface area (Å²) < 4.78 is 38.0. The number of nitrogens with zero attached hydrogens (tertiary/aromatic N) is 1. The SMILES string of the molecule is FC(F)(F)c1cccc2c(Cl)nc(Cl)cc12. The first kappa shape index (κ1) is 11.5. The number of pyridine rings is 1. The van der Waals surface area contributed by atoms with Crippen molar-refractivity contribution in [2.75, 3.05) is 0 Å². The van der Waals surface area contributed by atoms with Crippen molar-refractivity contribution in [3.8, 4) is 0 Å². The average molecular weight is 266 g/mol. The predicted octanol–water partition coefficient (Wildman–Crippen LogP) is 4.56. The maximum Gasteiger partial charge on any atom is 0.417 e. The monoisotopic (exact) mass is 265 g/mol. The maximum atomic E-state index is 12.7. The molecule has 0 spiro atoms. The fourth-order valence-electron chi connectivity index (χ4n) is 1.45. The molecule has 16 heavy (non-hydrogen) atoms. The number of aromatic nitrogens is 1. The molecule has 0 amide bonds. The molecule has 0 atom stereocenters. The van der Waals surface area contributed by atoms with Gasteiger partial charge in [0.25, 0.3) is 0 Å². The van der Waals surface area contributed by atoms with Crippen LogP contribution in [-0.2, 0) is 6.18 Å². The number of benzene rings is 1. The topological polar surface area (TPSA) is 12.9 Å². The van der Waals surface area contributed by atoms with Crippen LogP contribution in [0.2, 0.25) is 10.3 Å². The minimum Gasteiger partial charge on any atom is -0.224 e. The second-order valence-corrected chi connectivity index (χ2v) is 3.88. The smallest absolute Gasteiger partial charge is 0.224 e. The molecule has 0 N–H and O–H groups in total. The largest absolute Gasteiger partial charge is 0.417 e. The van der Waals surface area contributed by atoms with Gasteiger partial charge >= 0.3 is 6.18 Å². The van der Waals surface area contributed by atoms with Crippen LogP contribution in [0.3, 0.4) is 0 Å². The molecule has 2 rings (SSSR count). The molecule has 1 aromatic heterocycles. The second kappa shape index (κ2) is 3.79. The molecule has 0 fully saturated rings. The Balaban J connectivity index is 2.87. The lowest BCUT2D eigenvalue weighted by atomic mass is 10.1. The molecule has 0 bridgehead atoms. The predicted molar refractivity (Wildman–Crippen MR) is 56.8 cm³/mol. The Labute approximate surface area is 98.8 Å². The van der Waals surface area contributed by atoms with E-state index >= 15 is 0 Å². The lowest BCUT2D eigenvalue weighted by molar-refractivity contribution is -0.136. The highest BCUT2D eigenvalue weighted by Gasteiger charge is 2.32. The number of halogens is 5. The molecule has 0 aliphatic carbocycles. The molecule has 0 aliphatic heterocycles. The van der Waals surface area contributed by atoms with Gasteiger partial charge in [-0.05, 0) is 17.5 Å². The molecule has 0 saturated carbocycles. The van der Waals surface area contributed by atoms with Crippen LogP contribution in [0, 0.1) is 0 Å². The first-order valence-electron chi connectivity index (χ1n) is 4.21. The molecule has 0 saturated heterocycles. The van der Waals surface area contributed by atoms with Gasteiger partial charge in [0.1, 0.15) is 10.3 Å². The van der Waals surface area contributed by atoms with E-state index in [9.17, 15) is 13.2 Å². The Kier molecular flexibility index (Phi) is 2.72. The molecule has 1 heterocycles. The highest BCUT2D eigenvalue weighted by Crippen LogP contribution is 2.37. The van der Waals surface area contributed by atoms with Gasteiger partial charge in [-0.3, -0.25) is 0 Å². The molecular weight excluding hydrogens is 262 g/mol. The summed E-state index contributed by atoms with van der Waals surface area (Å²) in [5.74, 6) is 0. The lowest BCUT2D eigenvalue weighted by Crippen LogP contribution is -2.05. The third-order valence-corrected chi connectivity index (χ3v) is 2.58. The molecule has 0 unspecified atom stereocenters. The standard InChI is InChI=1S/C10H4Cl2F3N/c11-8-4-6-5(9(12)16-8)2-1-3-7(6)10(13,14)15/h1-4H. The van der Waals surface area contributed by atoms with Gasteiger partial charge in [0, 0.05) is 5.39 Å². The zero-order chi connectivity index (χ0) is 11.9. The lowest BCUT2D eigenvalue weighted by Gasteiger charge is -2.10. The zero-order valence-corrected chi connectivity index (χ0v) is 9.16. The van der Waals surface area contributed by atoms with Crippen molar-refractivity contribution in [3.63, 3.8) is 0 Å². The Morgan fingerprint density at radius 1 is 1.06 bits per heavy atom. The number of rotatable bonds is 0. The molecule has 1 aromatic carbocycles. The molecule has 1 nitrogen and oxygen atoms in total. The molecular formula is C10H4Cl2F3N. The fourth-order valence-corrected chi connectivity index (χ4v) is 1.95. The third-order valence-electron chi connectivity index (χ3n) is 2.10. The van der Waals surface area contributed by atoms with Crippen molar-refractivity contribution >= 4 is 34.0 Å². The van der Waals surface area contributed by atoms with E-state index in [0.29, 0.717) is 0 Å². The molecule has 84 valence electrons. The summed E-state index contributed by atoms with van der Waals surface area (Å²) in [6.45, 7) is 0. The quantitative estimate of drug-likeness (QED) is 0.637. The van der Waals surface area contributed by atoms with Gasteiger partial charge in [-0.1, -0.05) is 35.3 Å². The van der Waals surface area contributed by atoms with Crippen molar-refractivity contribution in [1.82, 2.24) is 4.98 Å². The maximum absolute atomic E-state index is 12.7. The summed E-state index contributed by atoms with van der Waals surface area (Å²) in [5.41, 5.74) is -0.767. The van der Waals surface area contributed by atoms with Crippen LogP contribution < -0.4 is 0 Å². The van der Waals surface area contributed by atoms with Gasteiger partial charge in [-0.2, -0.15) is 13.2 Å². The van der Waals surface area contributed by atoms with Crippen LogP contribution in [0.4, 0.5) is 13.2 Å². The minimum atomic E-state index is -4.44. The molecule has 6 heteroatoms. The number of fused-ring (bicyclic) bond motifs is 1. The summed E-state index contributed by atoms with van der Waals surface area (Å²) in [7, 11) is 0. The van der Waals surface area contributed by atoms with Crippen molar-refractivity contribution < 1.29 is 13.2 Å². The van der Waals surface area contributed by atoms with Gasteiger partial charge in [0.05, 0.1) is 5.56 Å². The van der Waals surface area contributed by atoms with Gasteiger partial charge in [0.2, 0.25) is 0 Å². The number of hydrogen-bond donors (Lipinski definition) is 0. The normalized spacial score (nSPS) is 12.1. The first-order chi connectivity index (χ1) is 7.39. The van der Waals surface area contributed by atoms with E-state index in [4.69, 9.17) is 23.2 Å². The molecule has 0 radical (unpaired) electrons. The van der Waals surface area contributed by atoms with Gasteiger partial charge < -0.3 is 0 Å². The van der Waals surface area contributed by atoms with Crippen LogP contribution in [0.1, 0.15) is 5.56 Å². The Morgan fingerprint density at radius 3 is 2.38 bits per heavy atom. The van der Waals surface area contributed by atoms with E-state index in [-0.39, 0.29) is 21.1 Å². The van der Waals surface area contributed by atoms with Crippen LogP contribution in [0.5, 0.6) is 0 Å². The van der Waals surface area contributed by atoms with Gasteiger partial charge in [-0.15, -0.1) is 0 Å². The first-order valence-corrected chi connectivity index (χ1v) is 4.97. The van der Waals surface area contributed by atoms with E-state index < -0.39 is 11.7 Å². The average Bonchev–Trinajstić information content (AvgIpc) is 2.15. The summed E-state index contributed by atoms with van der Waals surface area (Å²) in [6, 6.07) is 4.89. The van der Waals surface area contributed by atoms with Gasteiger partial charge in [-0.25, -0.2) is 4.98 Å².